The molecule has 0 unspecified atom stereocenters. The van der Waals surface area contributed by atoms with E-state index in [9.17, 15) is 18.0 Å². The molecule has 0 radical (unpaired) electrons. The van der Waals surface area contributed by atoms with E-state index < -0.39 is 18.6 Å². The summed E-state index contributed by atoms with van der Waals surface area (Å²) in [6, 6.07) is 1.75. The van der Waals surface area contributed by atoms with Gasteiger partial charge in [-0.05, 0) is 6.07 Å². The first-order valence-electron chi connectivity index (χ1n) is 8.08. The molecule has 1 amide bonds. The first-order chi connectivity index (χ1) is 12.3. The van der Waals surface area contributed by atoms with E-state index in [2.05, 4.69) is 20.3 Å². The van der Waals surface area contributed by atoms with Gasteiger partial charge in [-0.3, -0.25) is 9.79 Å². The molecule has 1 saturated heterocycles. The van der Waals surface area contributed by atoms with Gasteiger partial charge in [0.05, 0.1) is 6.54 Å². The molecule has 27 heavy (non-hydrogen) atoms. The van der Waals surface area contributed by atoms with Crippen LogP contribution in [0.25, 0.3) is 0 Å². The molecule has 2 heterocycles. The van der Waals surface area contributed by atoms with Gasteiger partial charge in [-0.15, -0.1) is 24.0 Å². The van der Waals surface area contributed by atoms with Crippen molar-refractivity contribution in [2.45, 2.75) is 6.18 Å². The van der Waals surface area contributed by atoms with Crippen LogP contribution < -0.4 is 10.2 Å². The van der Waals surface area contributed by atoms with Gasteiger partial charge in [0.15, 0.2) is 5.96 Å². The largest absolute Gasteiger partial charge is 0.406 e. The molecule has 0 aliphatic carbocycles. The van der Waals surface area contributed by atoms with Gasteiger partial charge in [0.2, 0.25) is 11.9 Å². The number of anilines is 1. The van der Waals surface area contributed by atoms with Crippen molar-refractivity contribution in [3.8, 4) is 0 Å². The van der Waals surface area contributed by atoms with Gasteiger partial charge in [-0.1, -0.05) is 0 Å². The van der Waals surface area contributed by atoms with Crippen LogP contribution in [-0.4, -0.2) is 91.2 Å². The molecule has 0 atom stereocenters. The molecule has 1 aliphatic rings. The van der Waals surface area contributed by atoms with Crippen molar-refractivity contribution in [1.82, 2.24) is 25.1 Å². The molecule has 1 N–H and O–H groups in total. The lowest BCUT2D eigenvalue weighted by Gasteiger charge is -2.36. The lowest BCUT2D eigenvalue weighted by atomic mass is 10.3. The molecule has 0 spiro atoms. The number of nitrogens with zero attached hydrogens (tertiary/aromatic N) is 6. The third-order valence-electron chi connectivity index (χ3n) is 3.87. The van der Waals surface area contributed by atoms with Crippen molar-refractivity contribution < 1.29 is 18.0 Å². The Morgan fingerprint density at radius 2 is 1.85 bits per heavy atom. The van der Waals surface area contributed by atoms with Crippen LogP contribution in [0.5, 0.6) is 0 Å². The standard InChI is InChI=1S/C15H22F3N7O.HI/c1-19-13(22-10-12(26)23(2)11-15(16,17)18)24-6-8-25(9-7-24)14-20-4-3-5-21-14;/h3-5H,6-11H2,1-2H3,(H,19,22);1H. The molecular formula is C15H23F3IN7O. The number of halogens is 4. The normalized spacial score (nSPS) is 15.2. The van der Waals surface area contributed by atoms with Crippen LogP contribution in [0, 0.1) is 0 Å². The van der Waals surface area contributed by atoms with Crippen LogP contribution in [0.3, 0.4) is 0 Å². The van der Waals surface area contributed by atoms with Crippen molar-refractivity contribution in [3.63, 3.8) is 0 Å². The van der Waals surface area contributed by atoms with Gasteiger partial charge in [-0.25, -0.2) is 9.97 Å². The lowest BCUT2D eigenvalue weighted by molar-refractivity contribution is -0.157. The highest BCUT2D eigenvalue weighted by Gasteiger charge is 2.31. The zero-order valence-corrected chi connectivity index (χ0v) is 17.4. The summed E-state index contributed by atoms with van der Waals surface area (Å²) >= 11 is 0. The van der Waals surface area contributed by atoms with E-state index in [0.29, 0.717) is 43.0 Å². The molecular weight excluding hydrogens is 478 g/mol. The fourth-order valence-electron chi connectivity index (χ4n) is 2.55. The monoisotopic (exact) mass is 501 g/mol. The van der Waals surface area contributed by atoms with Crippen LogP contribution in [0.1, 0.15) is 0 Å². The molecule has 8 nitrogen and oxygen atoms in total. The maximum absolute atomic E-state index is 12.3. The molecule has 12 heteroatoms. The van der Waals surface area contributed by atoms with Crippen molar-refractivity contribution in [2.24, 2.45) is 4.99 Å². The zero-order valence-electron chi connectivity index (χ0n) is 15.1. The minimum atomic E-state index is -4.41. The smallest absolute Gasteiger partial charge is 0.347 e. The topological polar surface area (TPSA) is 77.0 Å². The Morgan fingerprint density at radius 1 is 1.26 bits per heavy atom. The number of aliphatic imine (C=N–C) groups is 1. The van der Waals surface area contributed by atoms with E-state index in [4.69, 9.17) is 0 Å². The van der Waals surface area contributed by atoms with E-state index in [-0.39, 0.29) is 30.5 Å². The van der Waals surface area contributed by atoms with Crippen molar-refractivity contribution in [2.75, 3.05) is 58.3 Å². The summed E-state index contributed by atoms with van der Waals surface area (Å²) in [5.41, 5.74) is 0. The maximum Gasteiger partial charge on any atom is 0.406 e. The molecule has 1 fully saturated rings. The number of amides is 1. The number of piperazine rings is 1. The van der Waals surface area contributed by atoms with Crippen LogP contribution in [0.15, 0.2) is 23.5 Å². The zero-order chi connectivity index (χ0) is 19.2. The average molecular weight is 501 g/mol. The highest BCUT2D eigenvalue weighted by Crippen LogP contribution is 2.15. The molecule has 152 valence electrons. The Balaban J connectivity index is 0.00000364. The number of guanidine groups is 1. The SMILES string of the molecule is CN=C(NCC(=O)N(C)CC(F)(F)F)N1CCN(c2ncccn2)CC1.I. The first-order valence-corrected chi connectivity index (χ1v) is 8.08. The summed E-state index contributed by atoms with van der Waals surface area (Å²) in [7, 11) is 2.69. The van der Waals surface area contributed by atoms with Crippen LogP contribution in [0.2, 0.25) is 0 Å². The fraction of sp³-hybridized carbons (Fsp3) is 0.600. The minimum Gasteiger partial charge on any atom is -0.347 e. The number of hydrogen-bond acceptors (Lipinski definition) is 5. The van der Waals surface area contributed by atoms with E-state index in [1.165, 1.54) is 0 Å². The Kier molecular flexibility index (Phi) is 8.99. The highest BCUT2D eigenvalue weighted by molar-refractivity contribution is 14.0. The van der Waals surface area contributed by atoms with Crippen LogP contribution in [-0.2, 0) is 4.79 Å². The maximum atomic E-state index is 12.3. The van der Waals surface area contributed by atoms with Crippen LogP contribution >= 0.6 is 24.0 Å². The van der Waals surface area contributed by atoms with Crippen LogP contribution in [0.4, 0.5) is 19.1 Å². The third-order valence-corrected chi connectivity index (χ3v) is 3.87. The summed E-state index contributed by atoms with van der Waals surface area (Å²) in [6.45, 7) is 1.08. The summed E-state index contributed by atoms with van der Waals surface area (Å²) in [5, 5.41) is 2.83. The quantitative estimate of drug-likeness (QED) is 0.374. The average Bonchev–Trinajstić information content (AvgIpc) is 2.62. The Hall–Kier alpha value is -1.86. The summed E-state index contributed by atoms with van der Waals surface area (Å²) < 4.78 is 37.0. The second-order valence-electron chi connectivity index (χ2n) is 5.79. The summed E-state index contributed by atoms with van der Waals surface area (Å²) in [4.78, 5) is 29.0. The second kappa shape index (κ2) is 10.5. The number of rotatable bonds is 4. The fourth-order valence-corrected chi connectivity index (χ4v) is 2.55. The van der Waals surface area contributed by atoms with Gasteiger partial charge in [0.25, 0.3) is 0 Å². The summed E-state index contributed by atoms with van der Waals surface area (Å²) in [6.07, 6.45) is -1.06. The van der Waals surface area contributed by atoms with E-state index in [0.717, 1.165) is 7.05 Å². The number of likely N-dealkylation sites (N-methyl/N-ethyl adjacent to an activating group) is 1. The number of hydrogen-bond donors (Lipinski definition) is 1. The van der Waals surface area contributed by atoms with Gasteiger partial charge in [0, 0.05) is 52.7 Å². The minimum absolute atomic E-state index is 0. The number of carbonyl (C=O) groups is 1. The second-order valence-corrected chi connectivity index (χ2v) is 5.79. The number of nitrogens with one attached hydrogen (secondary N) is 1. The Bertz CT molecular complexity index is 622. The Labute approximate surface area is 172 Å². The van der Waals surface area contributed by atoms with E-state index in [1.807, 2.05) is 9.80 Å². The predicted molar refractivity (Wildman–Crippen MR) is 106 cm³/mol. The van der Waals surface area contributed by atoms with Gasteiger partial charge < -0.3 is 20.0 Å². The molecule has 2 rings (SSSR count). The number of alkyl halides is 3. The van der Waals surface area contributed by atoms with Crippen molar-refractivity contribution in [3.05, 3.63) is 18.5 Å². The number of aromatic nitrogens is 2. The van der Waals surface area contributed by atoms with Gasteiger partial charge in [-0.2, -0.15) is 13.2 Å². The van der Waals surface area contributed by atoms with E-state index in [1.54, 1.807) is 25.5 Å². The van der Waals surface area contributed by atoms with Crippen molar-refractivity contribution >= 4 is 41.8 Å². The molecule has 0 saturated carbocycles. The van der Waals surface area contributed by atoms with E-state index >= 15 is 0 Å². The van der Waals surface area contributed by atoms with Gasteiger partial charge >= 0.3 is 6.18 Å². The predicted octanol–water partition coefficient (Wildman–Crippen LogP) is 0.813. The number of carbonyl (C=O) groups excluding carboxylic acids is 1. The molecule has 0 bridgehead atoms. The lowest BCUT2D eigenvalue weighted by Crippen LogP contribution is -2.54. The third kappa shape index (κ3) is 7.34. The highest BCUT2D eigenvalue weighted by atomic mass is 127. The first kappa shape index (κ1) is 23.2. The molecule has 1 aliphatic heterocycles. The summed E-state index contributed by atoms with van der Waals surface area (Å²) in [5.74, 6) is 0.478. The van der Waals surface area contributed by atoms with Crippen molar-refractivity contribution in [1.29, 1.82) is 0 Å². The Morgan fingerprint density at radius 3 is 2.37 bits per heavy atom. The molecule has 1 aromatic heterocycles. The molecule has 1 aromatic rings. The molecule has 0 aromatic carbocycles. The van der Waals surface area contributed by atoms with Gasteiger partial charge in [0.1, 0.15) is 6.54 Å².